The van der Waals surface area contributed by atoms with Crippen LogP contribution in [0.5, 0.6) is 5.75 Å². The summed E-state index contributed by atoms with van der Waals surface area (Å²) in [6.45, 7) is 3.52. The number of imide groups is 1. The maximum atomic E-state index is 12.9. The summed E-state index contributed by atoms with van der Waals surface area (Å²) in [7, 11) is 0. The lowest BCUT2D eigenvalue weighted by atomic mass is 9.90. The highest BCUT2D eigenvalue weighted by molar-refractivity contribution is 6.22. The van der Waals surface area contributed by atoms with Crippen molar-refractivity contribution in [3.8, 4) is 17.9 Å². The summed E-state index contributed by atoms with van der Waals surface area (Å²) < 4.78 is 5.70. The first-order valence-electron chi connectivity index (χ1n) is 8.39. The van der Waals surface area contributed by atoms with Gasteiger partial charge in [0.05, 0.1) is 34.4 Å². The molecule has 1 aliphatic rings. The van der Waals surface area contributed by atoms with Gasteiger partial charge < -0.3 is 4.74 Å². The molecule has 2 amide bonds. The summed E-state index contributed by atoms with van der Waals surface area (Å²) >= 11 is 0. The smallest absolute Gasteiger partial charge is 0.243 e. The van der Waals surface area contributed by atoms with Crippen LogP contribution in [0, 0.1) is 35.0 Å². The zero-order valence-electron chi connectivity index (χ0n) is 15.0. The summed E-state index contributed by atoms with van der Waals surface area (Å²) in [6, 6.07) is 15.6. The van der Waals surface area contributed by atoms with Crippen molar-refractivity contribution in [3.63, 3.8) is 0 Å². The summed E-state index contributed by atoms with van der Waals surface area (Å²) in [4.78, 5) is 26.6. The number of anilines is 1. The van der Waals surface area contributed by atoms with Crippen LogP contribution in [0.3, 0.4) is 0 Å². The van der Waals surface area contributed by atoms with Gasteiger partial charge in [-0.1, -0.05) is 0 Å². The summed E-state index contributed by atoms with van der Waals surface area (Å²) in [5.74, 6) is -0.0940. The van der Waals surface area contributed by atoms with Crippen molar-refractivity contribution < 1.29 is 14.3 Å². The first-order valence-corrected chi connectivity index (χ1v) is 8.39. The van der Waals surface area contributed by atoms with Crippen molar-refractivity contribution in [1.82, 2.24) is 0 Å². The lowest BCUT2D eigenvalue weighted by Gasteiger charge is -2.22. The maximum Gasteiger partial charge on any atom is 0.243 e. The molecule has 0 spiro atoms. The minimum Gasteiger partial charge on any atom is -0.492 e. The molecule has 0 N–H and O–H groups in total. The second kappa shape index (κ2) is 6.93. The number of rotatable bonds is 4. The monoisotopic (exact) mass is 359 g/mol. The van der Waals surface area contributed by atoms with Crippen LogP contribution in [0.15, 0.2) is 42.5 Å². The van der Waals surface area contributed by atoms with E-state index in [9.17, 15) is 9.59 Å². The number of hydrogen-bond donors (Lipinski definition) is 0. The number of amides is 2. The predicted molar refractivity (Wildman–Crippen MR) is 97.8 cm³/mol. The normalized spacial score (nSPS) is 18.9. The molecule has 0 aromatic heterocycles. The molecule has 6 heteroatoms. The standard InChI is InChI=1S/C21H17N3O3/c1-14-9-17(6-5-16(14)12-23)24-19(25)10-21(2,20(24)26)13-27-18-7-3-15(11-22)4-8-18/h3-9H,10,13H2,1-2H3. The predicted octanol–water partition coefficient (Wildman–Crippen LogP) is 3.09. The van der Waals surface area contributed by atoms with E-state index in [1.54, 1.807) is 56.3 Å². The highest BCUT2D eigenvalue weighted by atomic mass is 16.5. The highest BCUT2D eigenvalue weighted by Gasteiger charge is 2.49. The van der Waals surface area contributed by atoms with Crippen LogP contribution in [0.4, 0.5) is 5.69 Å². The number of benzene rings is 2. The minimum absolute atomic E-state index is 0.0428. The third kappa shape index (κ3) is 3.38. The Balaban J connectivity index is 1.78. The second-order valence-corrected chi connectivity index (χ2v) is 6.81. The molecule has 6 nitrogen and oxygen atoms in total. The zero-order chi connectivity index (χ0) is 19.6. The molecular weight excluding hydrogens is 342 g/mol. The first-order chi connectivity index (χ1) is 12.9. The van der Waals surface area contributed by atoms with Gasteiger partial charge >= 0.3 is 0 Å². The van der Waals surface area contributed by atoms with Crippen molar-refractivity contribution in [2.75, 3.05) is 11.5 Å². The average Bonchev–Trinajstić information content (AvgIpc) is 2.89. The Morgan fingerprint density at radius 3 is 2.41 bits per heavy atom. The Morgan fingerprint density at radius 1 is 1.11 bits per heavy atom. The number of aryl methyl sites for hydroxylation is 1. The molecule has 1 fully saturated rings. The molecule has 0 bridgehead atoms. The molecule has 0 aliphatic carbocycles. The van der Waals surface area contributed by atoms with Crippen LogP contribution in [-0.2, 0) is 9.59 Å². The van der Waals surface area contributed by atoms with Gasteiger partial charge in [0, 0.05) is 6.42 Å². The maximum absolute atomic E-state index is 12.9. The van der Waals surface area contributed by atoms with E-state index in [4.69, 9.17) is 15.3 Å². The Labute approximate surface area is 157 Å². The van der Waals surface area contributed by atoms with Crippen molar-refractivity contribution in [2.24, 2.45) is 5.41 Å². The third-order valence-corrected chi connectivity index (χ3v) is 4.64. The molecule has 0 saturated carbocycles. The SMILES string of the molecule is Cc1cc(N2C(=O)CC(C)(COc3ccc(C#N)cc3)C2=O)ccc1C#N. The van der Waals surface area contributed by atoms with Crippen molar-refractivity contribution in [3.05, 3.63) is 59.2 Å². The number of nitrogens with zero attached hydrogens (tertiary/aromatic N) is 3. The van der Waals surface area contributed by atoms with E-state index < -0.39 is 5.41 Å². The quantitative estimate of drug-likeness (QED) is 0.782. The molecule has 1 unspecified atom stereocenters. The van der Waals surface area contributed by atoms with Crippen LogP contribution in [0.25, 0.3) is 0 Å². The number of hydrogen-bond acceptors (Lipinski definition) is 5. The number of carbonyl (C=O) groups excluding carboxylic acids is 2. The fourth-order valence-corrected chi connectivity index (χ4v) is 3.03. The molecule has 1 atom stereocenters. The van der Waals surface area contributed by atoms with Crippen LogP contribution < -0.4 is 9.64 Å². The Morgan fingerprint density at radius 2 is 1.81 bits per heavy atom. The molecule has 1 aliphatic heterocycles. The third-order valence-electron chi connectivity index (χ3n) is 4.64. The summed E-state index contributed by atoms with van der Waals surface area (Å²) in [6.07, 6.45) is 0.0428. The van der Waals surface area contributed by atoms with Gasteiger partial charge in [0.15, 0.2) is 0 Å². The number of ether oxygens (including phenoxy) is 1. The van der Waals surface area contributed by atoms with E-state index in [0.29, 0.717) is 28.1 Å². The molecule has 1 heterocycles. The largest absolute Gasteiger partial charge is 0.492 e. The van der Waals surface area contributed by atoms with Gasteiger partial charge in [0.25, 0.3) is 0 Å². The van der Waals surface area contributed by atoms with Crippen LogP contribution in [0.2, 0.25) is 0 Å². The van der Waals surface area contributed by atoms with Gasteiger partial charge in [-0.05, 0) is 61.9 Å². The average molecular weight is 359 g/mol. The molecule has 27 heavy (non-hydrogen) atoms. The van der Waals surface area contributed by atoms with Gasteiger partial charge in [-0.15, -0.1) is 0 Å². The van der Waals surface area contributed by atoms with Gasteiger partial charge in [-0.3, -0.25) is 9.59 Å². The van der Waals surface area contributed by atoms with Crippen molar-refractivity contribution >= 4 is 17.5 Å². The first kappa shape index (κ1) is 18.2. The lowest BCUT2D eigenvalue weighted by molar-refractivity contribution is -0.126. The molecule has 3 rings (SSSR count). The fraction of sp³-hybridized carbons (Fsp3) is 0.238. The van der Waals surface area contributed by atoms with E-state index in [1.807, 2.05) is 6.07 Å². The van der Waals surface area contributed by atoms with E-state index in [0.717, 1.165) is 4.90 Å². The molecule has 134 valence electrons. The van der Waals surface area contributed by atoms with E-state index in [2.05, 4.69) is 6.07 Å². The zero-order valence-corrected chi connectivity index (χ0v) is 15.0. The lowest BCUT2D eigenvalue weighted by Crippen LogP contribution is -2.37. The summed E-state index contributed by atoms with van der Waals surface area (Å²) in [5.41, 5.74) is 1.21. The van der Waals surface area contributed by atoms with E-state index >= 15 is 0 Å². The topological polar surface area (TPSA) is 94.2 Å². The Bertz CT molecular complexity index is 999. The number of carbonyl (C=O) groups is 2. The van der Waals surface area contributed by atoms with E-state index in [1.165, 1.54) is 0 Å². The molecule has 2 aromatic rings. The highest BCUT2D eigenvalue weighted by Crippen LogP contribution is 2.36. The van der Waals surface area contributed by atoms with Gasteiger partial charge in [0.2, 0.25) is 11.8 Å². The number of nitriles is 2. The molecule has 0 radical (unpaired) electrons. The van der Waals surface area contributed by atoms with Crippen molar-refractivity contribution in [2.45, 2.75) is 20.3 Å². The second-order valence-electron chi connectivity index (χ2n) is 6.81. The van der Waals surface area contributed by atoms with Gasteiger partial charge in [-0.25, -0.2) is 4.90 Å². The molecular formula is C21H17N3O3. The van der Waals surface area contributed by atoms with Crippen LogP contribution in [-0.4, -0.2) is 18.4 Å². The van der Waals surface area contributed by atoms with Crippen molar-refractivity contribution in [1.29, 1.82) is 10.5 Å². The fourth-order valence-electron chi connectivity index (χ4n) is 3.03. The van der Waals surface area contributed by atoms with Gasteiger partial charge in [-0.2, -0.15) is 10.5 Å². The van der Waals surface area contributed by atoms with Crippen LogP contribution >= 0.6 is 0 Å². The van der Waals surface area contributed by atoms with Gasteiger partial charge in [0.1, 0.15) is 12.4 Å². The summed E-state index contributed by atoms with van der Waals surface area (Å²) in [5, 5.41) is 17.9. The Hall–Kier alpha value is -3.64. The van der Waals surface area contributed by atoms with E-state index in [-0.39, 0.29) is 24.8 Å². The Kier molecular flexibility index (Phi) is 4.66. The molecule has 1 saturated heterocycles. The van der Waals surface area contributed by atoms with Crippen LogP contribution in [0.1, 0.15) is 30.0 Å². The minimum atomic E-state index is -0.979. The molecule has 2 aromatic carbocycles.